The number of anilines is 3. The van der Waals surface area contributed by atoms with Gasteiger partial charge in [0.2, 0.25) is 5.95 Å². The minimum absolute atomic E-state index is 0.590. The predicted molar refractivity (Wildman–Crippen MR) is 90.3 cm³/mol. The van der Waals surface area contributed by atoms with Crippen LogP contribution in [0.2, 0.25) is 0 Å². The van der Waals surface area contributed by atoms with Crippen molar-refractivity contribution in [2.45, 2.75) is 13.5 Å². The minimum atomic E-state index is 0.590. The zero-order valence-corrected chi connectivity index (χ0v) is 12.5. The van der Waals surface area contributed by atoms with Gasteiger partial charge in [-0.15, -0.1) is 0 Å². The molecule has 2 aromatic carbocycles. The van der Waals surface area contributed by atoms with Gasteiger partial charge in [-0.3, -0.25) is 0 Å². The molecular formula is C18H18N4. The fourth-order valence-electron chi connectivity index (χ4n) is 2.11. The number of rotatable bonds is 5. The number of hydrogen-bond donors (Lipinski definition) is 2. The molecule has 0 spiro atoms. The summed E-state index contributed by atoms with van der Waals surface area (Å²) in [6.07, 6.45) is 1.82. The predicted octanol–water partition coefficient (Wildman–Crippen LogP) is 4.14. The lowest BCUT2D eigenvalue weighted by molar-refractivity contribution is 1.06. The Labute approximate surface area is 130 Å². The van der Waals surface area contributed by atoms with Crippen LogP contribution in [0.1, 0.15) is 11.1 Å². The van der Waals surface area contributed by atoms with E-state index in [1.165, 1.54) is 5.56 Å². The van der Waals surface area contributed by atoms with E-state index in [2.05, 4.69) is 32.7 Å². The van der Waals surface area contributed by atoms with Crippen LogP contribution in [0, 0.1) is 6.92 Å². The summed E-state index contributed by atoms with van der Waals surface area (Å²) in [5.74, 6) is 1.43. The molecule has 0 atom stereocenters. The van der Waals surface area contributed by atoms with Gasteiger partial charge in [0.1, 0.15) is 5.82 Å². The number of hydrogen-bond acceptors (Lipinski definition) is 4. The van der Waals surface area contributed by atoms with Crippen LogP contribution in [0.5, 0.6) is 0 Å². The zero-order valence-electron chi connectivity index (χ0n) is 12.5. The average Bonchev–Trinajstić information content (AvgIpc) is 2.57. The van der Waals surface area contributed by atoms with E-state index < -0.39 is 0 Å². The third kappa shape index (κ3) is 3.61. The second-order valence-electron chi connectivity index (χ2n) is 5.06. The minimum Gasteiger partial charge on any atom is -0.366 e. The molecular weight excluding hydrogens is 272 g/mol. The van der Waals surface area contributed by atoms with Gasteiger partial charge < -0.3 is 10.6 Å². The van der Waals surface area contributed by atoms with Crippen LogP contribution in [0.3, 0.4) is 0 Å². The molecule has 4 heteroatoms. The number of nitrogens with zero attached hydrogens (tertiary/aromatic N) is 2. The zero-order chi connectivity index (χ0) is 15.2. The molecule has 0 radical (unpaired) electrons. The van der Waals surface area contributed by atoms with Crippen molar-refractivity contribution in [1.29, 1.82) is 0 Å². The topological polar surface area (TPSA) is 49.8 Å². The lowest BCUT2D eigenvalue weighted by atomic mass is 10.2. The molecule has 3 rings (SSSR count). The van der Waals surface area contributed by atoms with E-state index in [9.17, 15) is 0 Å². The Morgan fingerprint density at radius 2 is 1.59 bits per heavy atom. The maximum Gasteiger partial charge on any atom is 0.229 e. The van der Waals surface area contributed by atoms with E-state index >= 15 is 0 Å². The summed E-state index contributed by atoms with van der Waals surface area (Å²) in [7, 11) is 0. The Morgan fingerprint density at radius 3 is 2.32 bits per heavy atom. The van der Waals surface area contributed by atoms with Gasteiger partial charge in [0.05, 0.1) is 0 Å². The van der Waals surface area contributed by atoms with Gasteiger partial charge in [0, 0.05) is 24.0 Å². The van der Waals surface area contributed by atoms with Crippen molar-refractivity contribution in [3.05, 3.63) is 78.0 Å². The fraction of sp³-hybridized carbons (Fsp3) is 0.111. The largest absolute Gasteiger partial charge is 0.366 e. The molecule has 22 heavy (non-hydrogen) atoms. The molecule has 0 aliphatic heterocycles. The second kappa shape index (κ2) is 6.72. The number of aryl methyl sites for hydroxylation is 1. The van der Waals surface area contributed by atoms with E-state index in [0.717, 1.165) is 23.6 Å². The summed E-state index contributed by atoms with van der Waals surface area (Å²) in [5.41, 5.74) is 3.22. The lowest BCUT2D eigenvalue weighted by Crippen LogP contribution is -2.06. The molecule has 0 amide bonds. The van der Waals surface area contributed by atoms with Crippen molar-refractivity contribution in [3.8, 4) is 0 Å². The summed E-state index contributed by atoms with van der Waals surface area (Å²) in [6, 6.07) is 20.2. The summed E-state index contributed by atoms with van der Waals surface area (Å²) >= 11 is 0. The Bertz CT molecular complexity index is 727. The van der Waals surface area contributed by atoms with Crippen LogP contribution in [-0.2, 0) is 6.54 Å². The van der Waals surface area contributed by atoms with Crippen LogP contribution in [0.4, 0.5) is 17.5 Å². The van der Waals surface area contributed by atoms with Crippen molar-refractivity contribution in [2.24, 2.45) is 0 Å². The summed E-state index contributed by atoms with van der Waals surface area (Å²) in [4.78, 5) is 8.88. The van der Waals surface area contributed by atoms with E-state index in [0.29, 0.717) is 5.95 Å². The quantitative estimate of drug-likeness (QED) is 0.741. The molecule has 110 valence electrons. The van der Waals surface area contributed by atoms with Crippen molar-refractivity contribution in [3.63, 3.8) is 0 Å². The third-order valence-corrected chi connectivity index (χ3v) is 3.30. The Balaban J connectivity index is 1.72. The van der Waals surface area contributed by atoms with Crippen molar-refractivity contribution in [2.75, 3.05) is 10.6 Å². The molecule has 0 fully saturated rings. The molecule has 0 aliphatic carbocycles. The van der Waals surface area contributed by atoms with Gasteiger partial charge in [-0.1, -0.05) is 48.5 Å². The molecule has 3 aromatic rings. The SMILES string of the molecule is Cc1cnc(Nc2ccccc2)nc1NCc1ccccc1. The van der Waals surface area contributed by atoms with Gasteiger partial charge >= 0.3 is 0 Å². The summed E-state index contributed by atoms with van der Waals surface area (Å²) in [5, 5.41) is 6.57. The molecule has 4 nitrogen and oxygen atoms in total. The molecule has 0 bridgehead atoms. The molecule has 0 saturated carbocycles. The Hall–Kier alpha value is -2.88. The summed E-state index contributed by atoms with van der Waals surface area (Å²) < 4.78 is 0. The Morgan fingerprint density at radius 1 is 0.909 bits per heavy atom. The first-order valence-corrected chi connectivity index (χ1v) is 7.25. The van der Waals surface area contributed by atoms with Crippen LogP contribution >= 0.6 is 0 Å². The highest BCUT2D eigenvalue weighted by molar-refractivity contribution is 5.55. The maximum absolute atomic E-state index is 4.55. The highest BCUT2D eigenvalue weighted by Crippen LogP contribution is 2.17. The van der Waals surface area contributed by atoms with Crippen LogP contribution in [0.25, 0.3) is 0 Å². The average molecular weight is 290 g/mol. The van der Waals surface area contributed by atoms with Crippen LogP contribution in [0.15, 0.2) is 66.9 Å². The first-order valence-electron chi connectivity index (χ1n) is 7.25. The first-order chi connectivity index (χ1) is 10.8. The van der Waals surface area contributed by atoms with E-state index in [1.807, 2.05) is 61.7 Å². The molecule has 1 aromatic heterocycles. The molecule has 0 saturated heterocycles. The van der Waals surface area contributed by atoms with Gasteiger partial charge in [-0.05, 0) is 24.6 Å². The second-order valence-corrected chi connectivity index (χ2v) is 5.06. The van der Waals surface area contributed by atoms with Gasteiger partial charge in [0.25, 0.3) is 0 Å². The number of para-hydroxylation sites is 1. The van der Waals surface area contributed by atoms with Crippen molar-refractivity contribution in [1.82, 2.24) is 9.97 Å². The van der Waals surface area contributed by atoms with Crippen LogP contribution < -0.4 is 10.6 Å². The number of aromatic nitrogens is 2. The normalized spacial score (nSPS) is 10.2. The standard InChI is InChI=1S/C18H18N4/c1-14-12-20-18(21-16-10-6-3-7-11-16)22-17(14)19-13-15-8-4-2-5-9-15/h2-12H,13H2,1H3,(H2,19,20,21,22). The number of benzene rings is 2. The monoisotopic (exact) mass is 290 g/mol. The van der Waals surface area contributed by atoms with Crippen LogP contribution in [-0.4, -0.2) is 9.97 Å². The van der Waals surface area contributed by atoms with Crippen molar-refractivity contribution >= 4 is 17.5 Å². The van der Waals surface area contributed by atoms with Gasteiger partial charge in [-0.25, -0.2) is 4.98 Å². The summed E-state index contributed by atoms with van der Waals surface area (Å²) in [6.45, 7) is 2.74. The molecule has 1 heterocycles. The molecule has 2 N–H and O–H groups in total. The van der Waals surface area contributed by atoms with E-state index in [1.54, 1.807) is 0 Å². The van der Waals surface area contributed by atoms with E-state index in [-0.39, 0.29) is 0 Å². The van der Waals surface area contributed by atoms with E-state index in [4.69, 9.17) is 0 Å². The molecule has 0 aliphatic rings. The highest BCUT2D eigenvalue weighted by Gasteiger charge is 2.04. The molecule has 0 unspecified atom stereocenters. The number of nitrogens with one attached hydrogen (secondary N) is 2. The first kappa shape index (κ1) is 14.1. The highest BCUT2D eigenvalue weighted by atomic mass is 15.1. The van der Waals surface area contributed by atoms with Gasteiger partial charge in [-0.2, -0.15) is 4.98 Å². The smallest absolute Gasteiger partial charge is 0.229 e. The van der Waals surface area contributed by atoms with Crippen molar-refractivity contribution < 1.29 is 0 Å². The fourth-order valence-corrected chi connectivity index (χ4v) is 2.11. The van der Waals surface area contributed by atoms with Gasteiger partial charge in [0.15, 0.2) is 0 Å². The maximum atomic E-state index is 4.55. The third-order valence-electron chi connectivity index (χ3n) is 3.30. The Kier molecular flexibility index (Phi) is 4.30. The lowest BCUT2D eigenvalue weighted by Gasteiger charge is -2.11.